The zero-order chi connectivity index (χ0) is 76.0. The predicted octanol–water partition coefficient (Wildman–Crippen LogP) is 24.1. The molecular formula is C85H148O17P2. The van der Waals surface area contributed by atoms with Crippen LogP contribution in [0.5, 0.6) is 0 Å². The van der Waals surface area contributed by atoms with Gasteiger partial charge in [-0.2, -0.15) is 0 Å². The summed E-state index contributed by atoms with van der Waals surface area (Å²) in [5.74, 6) is -2.25. The lowest BCUT2D eigenvalue weighted by Gasteiger charge is -2.21. The van der Waals surface area contributed by atoms with Crippen molar-refractivity contribution in [3.05, 3.63) is 109 Å². The molecule has 0 aromatic carbocycles. The molecule has 0 aromatic heterocycles. The molecule has 0 heterocycles. The molecule has 0 spiro atoms. The fourth-order valence-electron chi connectivity index (χ4n) is 11.0. The smallest absolute Gasteiger partial charge is 0.462 e. The highest BCUT2D eigenvalue weighted by atomic mass is 31.2. The van der Waals surface area contributed by atoms with E-state index in [0.717, 1.165) is 154 Å². The predicted molar refractivity (Wildman–Crippen MR) is 427 cm³/mol. The lowest BCUT2D eigenvalue weighted by atomic mass is 10.0. The number of allylic oxidation sites excluding steroid dienone is 18. The van der Waals surface area contributed by atoms with Crippen LogP contribution in [0.1, 0.15) is 349 Å². The summed E-state index contributed by atoms with van der Waals surface area (Å²) < 4.78 is 68.6. The van der Waals surface area contributed by atoms with Gasteiger partial charge in [0.2, 0.25) is 0 Å². The van der Waals surface area contributed by atoms with Gasteiger partial charge in [0.1, 0.15) is 19.3 Å². The largest absolute Gasteiger partial charge is 0.472 e. The Morgan fingerprint density at radius 1 is 0.279 bits per heavy atom. The number of phosphoric ester groups is 2. The second kappa shape index (κ2) is 76.9. The van der Waals surface area contributed by atoms with Crippen LogP contribution in [0.25, 0.3) is 0 Å². The molecule has 19 heteroatoms. The van der Waals surface area contributed by atoms with Gasteiger partial charge >= 0.3 is 39.5 Å². The first-order valence-corrected chi connectivity index (χ1v) is 44.1. The van der Waals surface area contributed by atoms with Crippen LogP contribution in [0.4, 0.5) is 0 Å². The van der Waals surface area contributed by atoms with Crippen LogP contribution in [-0.4, -0.2) is 96.7 Å². The molecule has 0 saturated heterocycles. The highest BCUT2D eigenvalue weighted by molar-refractivity contribution is 7.47. The van der Waals surface area contributed by atoms with Crippen molar-refractivity contribution in [1.82, 2.24) is 0 Å². The van der Waals surface area contributed by atoms with Gasteiger partial charge < -0.3 is 33.8 Å². The van der Waals surface area contributed by atoms with E-state index in [4.69, 9.17) is 37.0 Å². The van der Waals surface area contributed by atoms with Crippen LogP contribution in [0.15, 0.2) is 109 Å². The Morgan fingerprint density at radius 3 is 0.846 bits per heavy atom. The monoisotopic (exact) mass is 1500 g/mol. The Labute approximate surface area is 632 Å². The number of aliphatic hydroxyl groups is 1. The van der Waals surface area contributed by atoms with Crippen molar-refractivity contribution in [3.63, 3.8) is 0 Å². The van der Waals surface area contributed by atoms with Crippen LogP contribution in [-0.2, 0) is 65.4 Å². The summed E-state index contributed by atoms with van der Waals surface area (Å²) in [6.45, 7) is 4.68. The van der Waals surface area contributed by atoms with Crippen LogP contribution in [0.3, 0.4) is 0 Å². The Balaban J connectivity index is 5.39. The Kier molecular flexibility index (Phi) is 73.7. The van der Waals surface area contributed by atoms with Crippen molar-refractivity contribution in [2.75, 3.05) is 39.6 Å². The van der Waals surface area contributed by atoms with Gasteiger partial charge in [0, 0.05) is 25.7 Å². The van der Waals surface area contributed by atoms with Crippen LogP contribution in [0.2, 0.25) is 0 Å². The second-order valence-corrected chi connectivity index (χ2v) is 30.2. The maximum Gasteiger partial charge on any atom is 0.472 e. The lowest BCUT2D eigenvalue weighted by molar-refractivity contribution is -0.161. The highest BCUT2D eigenvalue weighted by Crippen LogP contribution is 2.45. The minimum atomic E-state index is -4.99. The SMILES string of the molecule is CC/C=C\C/C=C\C/C=C\C/C=C\C/C=C\CCCC(=O)OCC(COP(=O)(O)OCC(O)COP(=O)(O)OCC(COC(=O)CCCCCCCC/C=C\C/C=C\C/C=C\CCCCC)OC(=O)CCCCCCCCCCCCCCCCC)OC(=O)CCCCCCC/C=C\CCCCCC. The highest BCUT2D eigenvalue weighted by Gasteiger charge is 2.30. The molecule has 104 heavy (non-hydrogen) atoms. The van der Waals surface area contributed by atoms with Crippen LogP contribution < -0.4 is 0 Å². The maximum atomic E-state index is 13.1. The fraction of sp³-hybridized carbons (Fsp3) is 0.741. The summed E-state index contributed by atoms with van der Waals surface area (Å²) in [7, 11) is -9.97. The molecule has 0 radical (unpaired) electrons. The van der Waals surface area contributed by atoms with E-state index in [9.17, 15) is 43.2 Å². The van der Waals surface area contributed by atoms with Gasteiger partial charge in [-0.1, -0.05) is 304 Å². The van der Waals surface area contributed by atoms with Crippen molar-refractivity contribution in [3.8, 4) is 0 Å². The van der Waals surface area contributed by atoms with Gasteiger partial charge in [-0.15, -0.1) is 0 Å². The zero-order valence-corrected chi connectivity index (χ0v) is 67.5. The Morgan fingerprint density at radius 2 is 0.510 bits per heavy atom. The molecule has 0 rings (SSSR count). The minimum Gasteiger partial charge on any atom is -0.462 e. The standard InChI is InChI=1S/C85H148O17P2/c1-5-9-13-17-21-25-29-33-36-38-39-41-44-47-50-54-58-62-66-70-83(88)96-76-81(102-85(90)72-68-64-60-56-52-48-42-35-31-27-23-19-15-11-7-3)78-100-104(93,94)98-74-79(86)73-97-103(91,92)99-77-80(101-84(89)71-67-63-59-55-51-45-32-28-24-20-16-12-8-4)75-95-82(87)69-65-61-57-53-49-46-43-40-37-34-30-26-22-18-14-10-6-2/h10,14,21-22,25-26,28,32-34,36-37,39,41,43,46,53,57,79-81,86H,5-9,11-13,15-20,23-24,27,29-31,35,38,40,42,44-45,47-52,54-56,58-78H2,1-4H3,(H,91,92)(H,93,94)/b14-10-,25-21-,26-22-,32-28-,36-33-,37-34-,41-39-,46-43-,57-53-. The molecule has 0 aliphatic carbocycles. The molecule has 5 unspecified atom stereocenters. The summed E-state index contributed by atoms with van der Waals surface area (Å²) >= 11 is 0. The third kappa shape index (κ3) is 75.9. The summed E-state index contributed by atoms with van der Waals surface area (Å²) in [4.78, 5) is 73.1. The molecule has 0 bridgehead atoms. The number of phosphoric acid groups is 2. The Hall–Kier alpha value is -4.28. The number of rotatable bonds is 77. The molecule has 0 aliphatic rings. The minimum absolute atomic E-state index is 0.0721. The molecule has 600 valence electrons. The number of unbranched alkanes of at least 4 members (excludes halogenated alkanes) is 33. The summed E-state index contributed by atoms with van der Waals surface area (Å²) in [6.07, 6.45) is 83.5. The van der Waals surface area contributed by atoms with Gasteiger partial charge in [0.15, 0.2) is 12.2 Å². The topological polar surface area (TPSA) is 237 Å². The Bertz CT molecular complexity index is 2390. The quantitative estimate of drug-likeness (QED) is 0.0169. The van der Waals surface area contributed by atoms with E-state index < -0.39 is 97.5 Å². The van der Waals surface area contributed by atoms with E-state index in [-0.39, 0.29) is 25.7 Å². The lowest BCUT2D eigenvalue weighted by Crippen LogP contribution is -2.30. The third-order valence-corrected chi connectivity index (χ3v) is 19.1. The zero-order valence-electron chi connectivity index (χ0n) is 65.7. The van der Waals surface area contributed by atoms with Gasteiger partial charge in [0.25, 0.3) is 0 Å². The van der Waals surface area contributed by atoms with E-state index in [1.807, 2.05) is 12.2 Å². The van der Waals surface area contributed by atoms with Crippen molar-refractivity contribution in [2.24, 2.45) is 0 Å². The van der Waals surface area contributed by atoms with Gasteiger partial charge in [-0.05, 0) is 128 Å². The first kappa shape index (κ1) is 99.7. The van der Waals surface area contributed by atoms with Gasteiger partial charge in [0.05, 0.1) is 26.4 Å². The first-order chi connectivity index (χ1) is 50.7. The average molecular weight is 1500 g/mol. The molecular weight excluding hydrogens is 1350 g/mol. The van der Waals surface area contributed by atoms with Crippen molar-refractivity contribution >= 4 is 39.5 Å². The summed E-state index contributed by atoms with van der Waals surface area (Å²) in [5.41, 5.74) is 0. The molecule has 5 atom stereocenters. The molecule has 0 saturated carbocycles. The number of esters is 4. The molecule has 0 amide bonds. The molecule has 3 N–H and O–H groups in total. The number of aliphatic hydroxyl groups excluding tert-OH is 1. The van der Waals surface area contributed by atoms with E-state index in [0.29, 0.717) is 32.1 Å². The van der Waals surface area contributed by atoms with E-state index >= 15 is 0 Å². The summed E-state index contributed by atoms with van der Waals surface area (Å²) in [6, 6.07) is 0. The van der Waals surface area contributed by atoms with Crippen molar-refractivity contribution in [1.29, 1.82) is 0 Å². The number of hydrogen-bond acceptors (Lipinski definition) is 15. The van der Waals surface area contributed by atoms with Gasteiger partial charge in [-0.3, -0.25) is 37.3 Å². The van der Waals surface area contributed by atoms with Crippen molar-refractivity contribution in [2.45, 2.75) is 367 Å². The molecule has 0 aliphatic heterocycles. The van der Waals surface area contributed by atoms with E-state index in [2.05, 4.69) is 125 Å². The maximum absolute atomic E-state index is 13.1. The van der Waals surface area contributed by atoms with Crippen molar-refractivity contribution < 1.29 is 80.2 Å². The van der Waals surface area contributed by atoms with Gasteiger partial charge in [-0.25, -0.2) is 9.13 Å². The number of carbonyl (C=O) groups excluding carboxylic acids is 4. The van der Waals surface area contributed by atoms with Crippen LogP contribution >= 0.6 is 15.6 Å². The fourth-order valence-corrected chi connectivity index (χ4v) is 12.5. The summed E-state index contributed by atoms with van der Waals surface area (Å²) in [5, 5.41) is 10.6. The van der Waals surface area contributed by atoms with E-state index in [1.165, 1.54) is 109 Å². The average Bonchev–Trinajstić information content (AvgIpc) is 0.918. The number of hydrogen-bond donors (Lipinski definition) is 3. The van der Waals surface area contributed by atoms with Crippen LogP contribution in [0, 0.1) is 0 Å². The number of ether oxygens (including phenoxy) is 4. The molecule has 0 fully saturated rings. The normalized spacial score (nSPS) is 14.4. The second-order valence-electron chi connectivity index (χ2n) is 27.3. The first-order valence-electron chi connectivity index (χ1n) is 41.1. The number of carbonyl (C=O) groups is 4. The molecule has 0 aromatic rings. The molecule has 17 nitrogen and oxygen atoms in total. The van der Waals surface area contributed by atoms with E-state index in [1.54, 1.807) is 0 Å². The third-order valence-electron chi connectivity index (χ3n) is 17.2.